The van der Waals surface area contributed by atoms with Gasteiger partial charge < -0.3 is 4.74 Å². The van der Waals surface area contributed by atoms with Crippen LogP contribution in [-0.2, 0) is 0 Å². The van der Waals surface area contributed by atoms with Gasteiger partial charge in [0.25, 0.3) is 0 Å². The van der Waals surface area contributed by atoms with Crippen molar-refractivity contribution in [1.29, 1.82) is 0 Å². The zero-order valence-corrected chi connectivity index (χ0v) is 14.2. The fourth-order valence-electron chi connectivity index (χ4n) is 1.88. The lowest BCUT2D eigenvalue weighted by Crippen LogP contribution is -2.06. The predicted molar refractivity (Wildman–Crippen MR) is 91.3 cm³/mol. The topological polar surface area (TPSA) is 55.2 Å². The molecule has 0 fully saturated rings. The van der Waals surface area contributed by atoms with Crippen LogP contribution < -0.4 is 4.74 Å². The van der Waals surface area contributed by atoms with Gasteiger partial charge in [-0.3, -0.25) is 5.10 Å². The van der Waals surface area contributed by atoms with Crippen molar-refractivity contribution < 1.29 is 4.74 Å². The molecule has 1 N–H and O–H groups in total. The SMILES string of the molecule is CC(C)COc1ccccc1/C=N\n1c(C(C)C)n[nH]c1=S. The third-order valence-electron chi connectivity index (χ3n) is 3.00. The van der Waals surface area contributed by atoms with Crippen LogP contribution in [0.4, 0.5) is 0 Å². The van der Waals surface area contributed by atoms with E-state index in [-0.39, 0.29) is 5.92 Å². The van der Waals surface area contributed by atoms with Gasteiger partial charge in [-0.05, 0) is 30.3 Å². The fraction of sp³-hybridized carbons (Fsp3) is 0.438. The minimum absolute atomic E-state index is 0.234. The summed E-state index contributed by atoms with van der Waals surface area (Å²) < 4.78 is 7.97. The quantitative estimate of drug-likeness (QED) is 0.647. The summed E-state index contributed by atoms with van der Waals surface area (Å²) in [7, 11) is 0. The van der Waals surface area contributed by atoms with Crippen LogP contribution in [0.1, 0.15) is 45.0 Å². The maximum absolute atomic E-state index is 5.83. The Morgan fingerprint density at radius 2 is 2.05 bits per heavy atom. The summed E-state index contributed by atoms with van der Waals surface area (Å²) in [5, 5.41) is 11.4. The van der Waals surface area contributed by atoms with Gasteiger partial charge in [0.1, 0.15) is 5.75 Å². The summed E-state index contributed by atoms with van der Waals surface area (Å²) in [5.41, 5.74) is 0.918. The molecule has 0 bridgehead atoms. The van der Waals surface area contributed by atoms with Crippen LogP contribution in [0, 0.1) is 10.7 Å². The number of aromatic amines is 1. The first-order valence-electron chi connectivity index (χ1n) is 7.42. The molecule has 2 aromatic rings. The van der Waals surface area contributed by atoms with Gasteiger partial charge in [0.05, 0.1) is 12.8 Å². The lowest BCUT2D eigenvalue weighted by molar-refractivity contribution is 0.270. The van der Waals surface area contributed by atoms with Gasteiger partial charge >= 0.3 is 0 Å². The number of hydrogen-bond acceptors (Lipinski definition) is 4. The molecule has 0 spiro atoms. The van der Waals surface area contributed by atoms with Crippen LogP contribution in [0.5, 0.6) is 5.75 Å². The van der Waals surface area contributed by atoms with Crippen molar-refractivity contribution >= 4 is 18.4 Å². The summed E-state index contributed by atoms with van der Waals surface area (Å²) in [6, 6.07) is 7.83. The van der Waals surface area contributed by atoms with E-state index in [4.69, 9.17) is 17.0 Å². The molecular formula is C16H22N4OS. The molecule has 0 aliphatic rings. The second-order valence-corrected chi connectivity index (χ2v) is 6.23. The number of nitrogens with one attached hydrogen (secondary N) is 1. The molecule has 118 valence electrons. The Labute approximate surface area is 136 Å². The number of nitrogens with zero attached hydrogens (tertiary/aromatic N) is 3. The van der Waals surface area contributed by atoms with Gasteiger partial charge in [0.2, 0.25) is 4.77 Å². The van der Waals surface area contributed by atoms with Gasteiger partial charge in [0.15, 0.2) is 5.82 Å². The minimum atomic E-state index is 0.234. The molecule has 6 heteroatoms. The van der Waals surface area contributed by atoms with E-state index < -0.39 is 0 Å². The largest absolute Gasteiger partial charge is 0.493 e. The average Bonchev–Trinajstić information content (AvgIpc) is 2.85. The number of aromatic nitrogens is 3. The molecule has 0 atom stereocenters. The number of hydrogen-bond donors (Lipinski definition) is 1. The third kappa shape index (κ3) is 4.04. The fourth-order valence-corrected chi connectivity index (χ4v) is 2.07. The molecule has 0 unspecified atom stereocenters. The van der Waals surface area contributed by atoms with Gasteiger partial charge in [-0.2, -0.15) is 14.9 Å². The lowest BCUT2D eigenvalue weighted by Gasteiger charge is -2.10. The minimum Gasteiger partial charge on any atom is -0.493 e. The maximum atomic E-state index is 5.83. The first kappa shape index (κ1) is 16.4. The normalized spacial score (nSPS) is 11.7. The Morgan fingerprint density at radius 3 is 2.73 bits per heavy atom. The van der Waals surface area contributed by atoms with Crippen molar-refractivity contribution in [3.63, 3.8) is 0 Å². The smallest absolute Gasteiger partial charge is 0.216 e. The summed E-state index contributed by atoms with van der Waals surface area (Å²) in [4.78, 5) is 0. The molecule has 2 rings (SSSR count). The molecule has 0 aliphatic carbocycles. The molecule has 0 amide bonds. The average molecular weight is 318 g/mol. The van der Waals surface area contributed by atoms with Crippen LogP contribution in [0.15, 0.2) is 29.4 Å². The molecule has 0 saturated heterocycles. The molecule has 1 aromatic carbocycles. The van der Waals surface area contributed by atoms with Crippen molar-refractivity contribution in [3.8, 4) is 5.75 Å². The molecule has 1 aromatic heterocycles. The van der Waals surface area contributed by atoms with Gasteiger partial charge in [0, 0.05) is 11.5 Å². The number of para-hydroxylation sites is 1. The van der Waals surface area contributed by atoms with E-state index in [2.05, 4.69) is 43.0 Å². The predicted octanol–water partition coefficient (Wildman–Crippen LogP) is 3.98. The Balaban J connectivity index is 2.27. The Kier molecular flexibility index (Phi) is 5.49. The van der Waals surface area contributed by atoms with E-state index in [1.54, 1.807) is 10.9 Å². The molecule has 1 heterocycles. The van der Waals surface area contributed by atoms with Gasteiger partial charge in [-0.1, -0.05) is 39.8 Å². The van der Waals surface area contributed by atoms with E-state index >= 15 is 0 Å². The summed E-state index contributed by atoms with van der Waals surface area (Å²) in [5.74, 6) is 2.33. The van der Waals surface area contributed by atoms with Crippen LogP contribution in [0.2, 0.25) is 0 Å². The van der Waals surface area contributed by atoms with Crippen LogP contribution in [0.3, 0.4) is 0 Å². The van der Waals surface area contributed by atoms with Crippen molar-refractivity contribution in [3.05, 3.63) is 40.4 Å². The number of benzene rings is 1. The van der Waals surface area contributed by atoms with Crippen LogP contribution in [0.25, 0.3) is 0 Å². The number of H-pyrrole nitrogens is 1. The van der Waals surface area contributed by atoms with Gasteiger partial charge in [-0.25, -0.2) is 0 Å². The number of rotatable bonds is 6. The molecular weight excluding hydrogens is 296 g/mol. The standard InChI is InChI=1S/C16H22N4OS/c1-11(2)10-21-14-8-6-5-7-13(14)9-17-20-15(12(3)4)18-19-16(20)22/h5-9,11-12H,10H2,1-4H3,(H,19,22)/b17-9-. The third-order valence-corrected chi connectivity index (χ3v) is 3.26. The highest BCUT2D eigenvalue weighted by Crippen LogP contribution is 2.17. The molecule has 0 radical (unpaired) electrons. The maximum Gasteiger partial charge on any atom is 0.216 e. The van der Waals surface area contributed by atoms with Crippen molar-refractivity contribution in [2.45, 2.75) is 33.6 Å². The zero-order valence-electron chi connectivity index (χ0n) is 13.4. The Bertz CT molecular complexity index is 700. The highest BCUT2D eigenvalue weighted by Gasteiger charge is 2.09. The highest BCUT2D eigenvalue weighted by molar-refractivity contribution is 7.71. The monoisotopic (exact) mass is 318 g/mol. The van der Waals surface area contributed by atoms with E-state index in [0.717, 1.165) is 17.1 Å². The molecule has 22 heavy (non-hydrogen) atoms. The zero-order chi connectivity index (χ0) is 16.1. The van der Waals surface area contributed by atoms with E-state index in [1.807, 2.05) is 24.3 Å². The van der Waals surface area contributed by atoms with E-state index in [9.17, 15) is 0 Å². The van der Waals surface area contributed by atoms with E-state index in [0.29, 0.717) is 17.3 Å². The van der Waals surface area contributed by atoms with Gasteiger partial charge in [-0.15, -0.1) is 0 Å². The number of ether oxygens (including phenoxy) is 1. The summed E-state index contributed by atoms with van der Waals surface area (Å²) in [6.07, 6.45) is 1.76. The highest BCUT2D eigenvalue weighted by atomic mass is 32.1. The lowest BCUT2D eigenvalue weighted by atomic mass is 10.2. The first-order valence-corrected chi connectivity index (χ1v) is 7.83. The Morgan fingerprint density at radius 1 is 1.32 bits per heavy atom. The van der Waals surface area contributed by atoms with Crippen molar-refractivity contribution in [2.75, 3.05) is 6.61 Å². The second-order valence-electron chi connectivity index (χ2n) is 5.84. The van der Waals surface area contributed by atoms with Crippen molar-refractivity contribution in [2.24, 2.45) is 11.0 Å². The summed E-state index contributed by atoms with van der Waals surface area (Å²) in [6.45, 7) is 9.02. The van der Waals surface area contributed by atoms with E-state index in [1.165, 1.54) is 0 Å². The first-order chi connectivity index (χ1) is 10.5. The van der Waals surface area contributed by atoms with Crippen LogP contribution in [-0.4, -0.2) is 27.7 Å². The Hall–Kier alpha value is -1.95. The molecule has 0 aliphatic heterocycles. The van der Waals surface area contributed by atoms with Crippen molar-refractivity contribution in [1.82, 2.24) is 14.9 Å². The molecule has 0 saturated carbocycles. The second kappa shape index (κ2) is 7.35. The molecule has 5 nitrogen and oxygen atoms in total. The summed E-state index contributed by atoms with van der Waals surface area (Å²) >= 11 is 5.23. The van der Waals surface area contributed by atoms with Crippen LogP contribution >= 0.6 is 12.2 Å².